The second-order valence-electron chi connectivity index (χ2n) is 6.86. The average molecular weight is 289 g/mol. The summed E-state index contributed by atoms with van der Waals surface area (Å²) >= 11 is 0. The van der Waals surface area contributed by atoms with Crippen LogP contribution in [0.1, 0.15) is 44.1 Å². The maximum atomic E-state index is 11.4. The Morgan fingerprint density at radius 3 is 2.38 bits per heavy atom. The highest BCUT2D eigenvalue weighted by atomic mass is 16.5. The molecule has 3 nitrogen and oxygen atoms in total. The Bertz CT molecular complexity index is 486. The number of hydrogen-bond donors (Lipinski definition) is 1. The summed E-state index contributed by atoms with van der Waals surface area (Å²) in [5, 5.41) is 11.4. The first kappa shape index (κ1) is 14.9. The molecule has 1 saturated carbocycles. The Balaban J connectivity index is 2.03. The largest absolute Gasteiger partial charge is 0.497 e. The Labute approximate surface area is 127 Å². The number of benzene rings is 1. The lowest BCUT2D eigenvalue weighted by Gasteiger charge is -2.50. The lowest BCUT2D eigenvalue weighted by atomic mass is 9.61. The van der Waals surface area contributed by atoms with Gasteiger partial charge in [-0.1, -0.05) is 25.0 Å². The molecule has 21 heavy (non-hydrogen) atoms. The zero-order valence-electron chi connectivity index (χ0n) is 13.3. The Kier molecular flexibility index (Phi) is 3.98. The van der Waals surface area contributed by atoms with Gasteiger partial charge < -0.3 is 14.7 Å². The first-order valence-electron chi connectivity index (χ1n) is 8.15. The van der Waals surface area contributed by atoms with E-state index in [2.05, 4.69) is 30.1 Å². The van der Waals surface area contributed by atoms with Crippen molar-refractivity contribution in [3.8, 4) is 5.75 Å². The number of ether oxygens (including phenoxy) is 1. The molecule has 1 aliphatic carbocycles. The van der Waals surface area contributed by atoms with E-state index in [1.54, 1.807) is 7.11 Å². The van der Waals surface area contributed by atoms with Crippen molar-refractivity contribution in [2.75, 3.05) is 27.2 Å². The van der Waals surface area contributed by atoms with Gasteiger partial charge >= 0.3 is 0 Å². The number of aliphatic hydroxyl groups is 1. The molecule has 1 aliphatic heterocycles. The van der Waals surface area contributed by atoms with Crippen molar-refractivity contribution in [3.05, 3.63) is 29.8 Å². The van der Waals surface area contributed by atoms with E-state index >= 15 is 0 Å². The Hall–Kier alpha value is -1.06. The number of rotatable bonds is 3. The van der Waals surface area contributed by atoms with Crippen molar-refractivity contribution >= 4 is 0 Å². The second-order valence-corrected chi connectivity index (χ2v) is 6.86. The molecule has 0 aromatic heterocycles. The van der Waals surface area contributed by atoms with Gasteiger partial charge in [-0.3, -0.25) is 0 Å². The quantitative estimate of drug-likeness (QED) is 0.928. The van der Waals surface area contributed by atoms with Crippen LogP contribution in [0.25, 0.3) is 0 Å². The van der Waals surface area contributed by atoms with Crippen molar-refractivity contribution in [2.45, 2.75) is 49.5 Å². The van der Waals surface area contributed by atoms with Crippen LogP contribution < -0.4 is 4.74 Å². The van der Waals surface area contributed by atoms with Gasteiger partial charge in [0.1, 0.15) is 5.75 Å². The number of hydrogen-bond acceptors (Lipinski definition) is 3. The van der Waals surface area contributed by atoms with Crippen LogP contribution >= 0.6 is 0 Å². The number of piperidine rings is 1. The minimum absolute atomic E-state index is 0.107. The smallest absolute Gasteiger partial charge is 0.119 e. The van der Waals surface area contributed by atoms with E-state index < -0.39 is 5.60 Å². The summed E-state index contributed by atoms with van der Waals surface area (Å²) in [6.07, 6.45) is 6.25. The molecule has 1 N–H and O–H groups in total. The van der Waals surface area contributed by atoms with E-state index in [1.165, 1.54) is 5.56 Å². The molecule has 0 bridgehead atoms. The molecule has 2 aliphatic rings. The van der Waals surface area contributed by atoms with Gasteiger partial charge in [0.25, 0.3) is 0 Å². The van der Waals surface area contributed by atoms with Crippen LogP contribution in [-0.4, -0.2) is 42.9 Å². The fraction of sp³-hybridized carbons (Fsp3) is 0.667. The molecule has 1 heterocycles. The van der Waals surface area contributed by atoms with Crippen LogP contribution in [0, 0.1) is 0 Å². The van der Waals surface area contributed by atoms with Crippen molar-refractivity contribution in [1.29, 1.82) is 0 Å². The van der Waals surface area contributed by atoms with E-state index in [0.29, 0.717) is 0 Å². The normalized spacial score (nSPS) is 24.9. The molecule has 1 aromatic rings. The number of likely N-dealkylation sites (tertiary alicyclic amines) is 1. The number of methoxy groups -OCH3 is 1. The van der Waals surface area contributed by atoms with Gasteiger partial charge in [0.15, 0.2) is 0 Å². The van der Waals surface area contributed by atoms with Gasteiger partial charge in [0.2, 0.25) is 0 Å². The molecule has 2 fully saturated rings. The minimum atomic E-state index is -0.541. The molecular formula is C18H27NO2. The monoisotopic (exact) mass is 289 g/mol. The van der Waals surface area contributed by atoms with E-state index in [1.807, 2.05) is 6.07 Å². The molecule has 0 atom stereocenters. The SMILES string of the molecule is COc1cccc(C2(C3(O)CCCC3)CCN(C)CC2)c1. The van der Waals surface area contributed by atoms with E-state index in [-0.39, 0.29) is 5.41 Å². The third-order valence-electron chi connectivity index (χ3n) is 5.78. The average Bonchev–Trinajstić information content (AvgIpc) is 2.96. The molecule has 1 aromatic carbocycles. The molecule has 116 valence electrons. The minimum Gasteiger partial charge on any atom is -0.497 e. The fourth-order valence-electron chi connectivity index (χ4n) is 4.38. The lowest BCUT2D eigenvalue weighted by molar-refractivity contribution is -0.0601. The summed E-state index contributed by atoms with van der Waals surface area (Å²) in [6, 6.07) is 8.38. The molecular weight excluding hydrogens is 262 g/mol. The summed E-state index contributed by atoms with van der Waals surface area (Å²) < 4.78 is 5.42. The van der Waals surface area contributed by atoms with Crippen molar-refractivity contribution in [3.63, 3.8) is 0 Å². The third-order valence-corrected chi connectivity index (χ3v) is 5.78. The zero-order valence-corrected chi connectivity index (χ0v) is 13.3. The highest BCUT2D eigenvalue weighted by Crippen LogP contribution is 2.51. The summed E-state index contributed by atoms with van der Waals surface area (Å²) in [5.41, 5.74) is 0.616. The third kappa shape index (κ3) is 2.47. The highest BCUT2D eigenvalue weighted by Gasteiger charge is 2.53. The molecule has 0 radical (unpaired) electrons. The van der Waals surface area contributed by atoms with Gasteiger partial charge in [-0.25, -0.2) is 0 Å². The second kappa shape index (κ2) is 5.62. The highest BCUT2D eigenvalue weighted by molar-refractivity contribution is 5.37. The first-order chi connectivity index (χ1) is 10.1. The Morgan fingerprint density at radius 2 is 1.76 bits per heavy atom. The summed E-state index contributed by atoms with van der Waals surface area (Å²) in [5.74, 6) is 0.896. The van der Waals surface area contributed by atoms with Crippen LogP contribution in [-0.2, 0) is 5.41 Å². The zero-order chi connectivity index (χ0) is 14.9. The summed E-state index contributed by atoms with van der Waals surface area (Å²) in [6.45, 7) is 2.11. The van der Waals surface area contributed by atoms with Crippen LogP contribution in [0.3, 0.4) is 0 Å². The van der Waals surface area contributed by atoms with Gasteiger partial charge in [-0.15, -0.1) is 0 Å². The van der Waals surface area contributed by atoms with E-state index in [4.69, 9.17) is 4.74 Å². The van der Waals surface area contributed by atoms with Crippen LogP contribution in [0.5, 0.6) is 5.75 Å². The molecule has 0 spiro atoms. The molecule has 1 saturated heterocycles. The van der Waals surface area contributed by atoms with Gasteiger partial charge in [0, 0.05) is 5.41 Å². The maximum absolute atomic E-state index is 11.4. The van der Waals surface area contributed by atoms with Crippen LogP contribution in [0.2, 0.25) is 0 Å². The summed E-state index contributed by atoms with van der Waals surface area (Å²) in [4.78, 5) is 2.37. The van der Waals surface area contributed by atoms with E-state index in [0.717, 1.165) is 57.4 Å². The van der Waals surface area contributed by atoms with Crippen LogP contribution in [0.15, 0.2) is 24.3 Å². The summed E-state index contributed by atoms with van der Waals surface area (Å²) in [7, 11) is 3.89. The topological polar surface area (TPSA) is 32.7 Å². The van der Waals surface area contributed by atoms with Gasteiger partial charge in [0.05, 0.1) is 12.7 Å². The van der Waals surface area contributed by atoms with Gasteiger partial charge in [-0.2, -0.15) is 0 Å². The maximum Gasteiger partial charge on any atom is 0.119 e. The van der Waals surface area contributed by atoms with E-state index in [9.17, 15) is 5.11 Å². The molecule has 0 amide bonds. The Morgan fingerprint density at radius 1 is 1.10 bits per heavy atom. The number of nitrogens with zero attached hydrogens (tertiary/aromatic N) is 1. The van der Waals surface area contributed by atoms with Crippen molar-refractivity contribution in [1.82, 2.24) is 4.90 Å². The van der Waals surface area contributed by atoms with Crippen LogP contribution in [0.4, 0.5) is 0 Å². The lowest BCUT2D eigenvalue weighted by Crippen LogP contribution is -2.55. The van der Waals surface area contributed by atoms with Gasteiger partial charge in [-0.05, 0) is 63.5 Å². The predicted octanol–water partition coefficient (Wildman–Crippen LogP) is 2.96. The van der Waals surface area contributed by atoms with Crippen molar-refractivity contribution < 1.29 is 9.84 Å². The molecule has 0 unspecified atom stereocenters. The standard InChI is InChI=1S/C18H27NO2/c1-19-12-10-17(11-13-19,18(20)8-3-4-9-18)15-6-5-7-16(14-15)21-2/h5-7,14,20H,3-4,8-13H2,1-2H3. The van der Waals surface area contributed by atoms with Crippen molar-refractivity contribution in [2.24, 2.45) is 0 Å². The fourth-order valence-corrected chi connectivity index (χ4v) is 4.38. The predicted molar refractivity (Wildman–Crippen MR) is 84.8 cm³/mol. The molecule has 3 heteroatoms. The molecule has 3 rings (SSSR count). The first-order valence-corrected chi connectivity index (χ1v) is 8.15.